The molecular formula is C15H18O. The van der Waals surface area contributed by atoms with E-state index in [0.717, 1.165) is 25.0 Å². The van der Waals surface area contributed by atoms with E-state index in [-0.39, 0.29) is 0 Å². The smallest absolute Gasteiger partial charge is 0.119 e. The van der Waals surface area contributed by atoms with Gasteiger partial charge < -0.3 is 4.74 Å². The lowest BCUT2D eigenvalue weighted by Gasteiger charge is -2.02. The van der Waals surface area contributed by atoms with Gasteiger partial charge in [-0.3, -0.25) is 0 Å². The number of ether oxygens (including phenoxy) is 1. The molecule has 0 saturated carbocycles. The minimum Gasteiger partial charge on any atom is -0.494 e. The summed E-state index contributed by atoms with van der Waals surface area (Å²) in [5.41, 5.74) is 1.20. The minimum atomic E-state index is 0.710. The van der Waals surface area contributed by atoms with E-state index in [1.54, 1.807) is 0 Å². The SMILES string of the molecule is C#CCCCC=Cc1ccc(OCC)cc1. The second-order valence-electron chi connectivity index (χ2n) is 3.50. The molecule has 1 nitrogen and oxygen atoms in total. The standard InChI is InChI=1S/C15H18O/c1-3-5-6-7-8-9-14-10-12-15(13-11-14)16-4-2/h1,8-13H,4-7H2,2H3. The van der Waals surface area contributed by atoms with E-state index in [1.807, 2.05) is 19.1 Å². The van der Waals surface area contributed by atoms with Crippen LogP contribution in [-0.2, 0) is 0 Å². The fourth-order valence-electron chi connectivity index (χ4n) is 1.38. The second-order valence-corrected chi connectivity index (χ2v) is 3.50. The van der Waals surface area contributed by atoms with Crippen molar-refractivity contribution in [1.29, 1.82) is 0 Å². The number of hydrogen-bond donors (Lipinski definition) is 0. The molecule has 0 spiro atoms. The predicted octanol–water partition coefficient (Wildman–Crippen LogP) is 3.90. The van der Waals surface area contributed by atoms with E-state index in [1.165, 1.54) is 5.56 Å². The molecule has 0 atom stereocenters. The van der Waals surface area contributed by atoms with Gasteiger partial charge in [-0.1, -0.05) is 24.3 Å². The third kappa shape index (κ3) is 4.70. The quantitative estimate of drug-likeness (QED) is 0.515. The molecule has 1 aromatic rings. The van der Waals surface area contributed by atoms with Crippen LogP contribution >= 0.6 is 0 Å². The Kier molecular flexibility index (Phi) is 5.88. The average molecular weight is 214 g/mol. The van der Waals surface area contributed by atoms with Crippen LogP contribution < -0.4 is 4.74 Å². The van der Waals surface area contributed by atoms with Crippen LogP contribution in [0.25, 0.3) is 6.08 Å². The molecule has 0 aromatic heterocycles. The Balaban J connectivity index is 2.39. The highest BCUT2D eigenvalue weighted by Crippen LogP contribution is 2.13. The van der Waals surface area contributed by atoms with Crippen molar-refractivity contribution >= 4 is 6.08 Å². The van der Waals surface area contributed by atoms with Gasteiger partial charge in [0.25, 0.3) is 0 Å². The first-order valence-corrected chi connectivity index (χ1v) is 5.69. The summed E-state index contributed by atoms with van der Waals surface area (Å²) in [6.07, 6.45) is 12.4. The fourth-order valence-corrected chi connectivity index (χ4v) is 1.38. The summed E-state index contributed by atoms with van der Waals surface area (Å²) < 4.78 is 5.37. The van der Waals surface area contributed by atoms with E-state index in [2.05, 4.69) is 30.2 Å². The number of benzene rings is 1. The van der Waals surface area contributed by atoms with Crippen molar-refractivity contribution in [2.75, 3.05) is 6.61 Å². The van der Waals surface area contributed by atoms with Crippen molar-refractivity contribution in [3.8, 4) is 18.1 Å². The predicted molar refractivity (Wildman–Crippen MR) is 69.3 cm³/mol. The maximum absolute atomic E-state index is 5.37. The van der Waals surface area contributed by atoms with Gasteiger partial charge in [0.2, 0.25) is 0 Å². The van der Waals surface area contributed by atoms with Crippen molar-refractivity contribution < 1.29 is 4.74 Å². The fraction of sp³-hybridized carbons (Fsp3) is 0.333. The lowest BCUT2D eigenvalue weighted by Crippen LogP contribution is -1.90. The van der Waals surface area contributed by atoms with E-state index in [9.17, 15) is 0 Å². The molecule has 0 N–H and O–H groups in total. The van der Waals surface area contributed by atoms with Crippen LogP contribution in [0, 0.1) is 12.3 Å². The molecule has 0 amide bonds. The van der Waals surface area contributed by atoms with Crippen molar-refractivity contribution in [2.24, 2.45) is 0 Å². The third-order valence-corrected chi connectivity index (χ3v) is 2.19. The summed E-state index contributed by atoms with van der Waals surface area (Å²) in [7, 11) is 0. The van der Waals surface area contributed by atoms with Gasteiger partial charge in [0, 0.05) is 6.42 Å². The summed E-state index contributed by atoms with van der Waals surface area (Å²) >= 11 is 0. The van der Waals surface area contributed by atoms with Gasteiger partial charge in [-0.25, -0.2) is 0 Å². The molecule has 1 aromatic carbocycles. The molecule has 0 radical (unpaired) electrons. The molecule has 0 aliphatic carbocycles. The van der Waals surface area contributed by atoms with Crippen molar-refractivity contribution in [1.82, 2.24) is 0 Å². The number of hydrogen-bond acceptors (Lipinski definition) is 1. The summed E-state index contributed by atoms with van der Waals surface area (Å²) in [5, 5.41) is 0. The average Bonchev–Trinajstić information content (AvgIpc) is 2.31. The van der Waals surface area contributed by atoms with Crippen molar-refractivity contribution in [3.05, 3.63) is 35.9 Å². The monoisotopic (exact) mass is 214 g/mol. The van der Waals surface area contributed by atoms with Gasteiger partial charge in [-0.05, 0) is 37.5 Å². The van der Waals surface area contributed by atoms with E-state index >= 15 is 0 Å². The topological polar surface area (TPSA) is 9.23 Å². The van der Waals surface area contributed by atoms with Gasteiger partial charge in [0.1, 0.15) is 5.75 Å². The molecule has 0 bridgehead atoms. The van der Waals surface area contributed by atoms with Gasteiger partial charge in [-0.2, -0.15) is 0 Å². The Morgan fingerprint density at radius 2 is 2.06 bits per heavy atom. The minimum absolute atomic E-state index is 0.710. The molecule has 1 heteroatoms. The number of unbranched alkanes of at least 4 members (excludes halogenated alkanes) is 2. The van der Waals surface area contributed by atoms with Gasteiger partial charge in [0.15, 0.2) is 0 Å². The summed E-state index contributed by atoms with van der Waals surface area (Å²) in [4.78, 5) is 0. The summed E-state index contributed by atoms with van der Waals surface area (Å²) in [6, 6.07) is 8.10. The largest absolute Gasteiger partial charge is 0.494 e. The molecule has 0 aliphatic heterocycles. The molecule has 0 heterocycles. The zero-order valence-corrected chi connectivity index (χ0v) is 9.78. The zero-order chi connectivity index (χ0) is 11.6. The van der Waals surface area contributed by atoms with Crippen LogP contribution in [0.5, 0.6) is 5.75 Å². The van der Waals surface area contributed by atoms with E-state index in [0.29, 0.717) is 6.61 Å². The third-order valence-electron chi connectivity index (χ3n) is 2.19. The maximum Gasteiger partial charge on any atom is 0.119 e. The van der Waals surface area contributed by atoms with Crippen LogP contribution in [0.15, 0.2) is 30.3 Å². The Labute approximate surface area is 98.1 Å². The first-order chi connectivity index (χ1) is 7.86. The maximum atomic E-state index is 5.37. The lowest BCUT2D eigenvalue weighted by atomic mass is 10.1. The first kappa shape index (κ1) is 12.4. The Hall–Kier alpha value is -1.68. The van der Waals surface area contributed by atoms with E-state index in [4.69, 9.17) is 11.2 Å². The summed E-state index contributed by atoms with van der Waals surface area (Å²) in [5.74, 6) is 3.56. The molecule has 1 rings (SSSR count). The second kappa shape index (κ2) is 7.59. The first-order valence-electron chi connectivity index (χ1n) is 5.69. The van der Waals surface area contributed by atoms with Gasteiger partial charge >= 0.3 is 0 Å². The molecular weight excluding hydrogens is 196 g/mol. The Morgan fingerprint density at radius 3 is 2.69 bits per heavy atom. The number of terminal acetylenes is 1. The zero-order valence-electron chi connectivity index (χ0n) is 9.78. The molecule has 0 aliphatic rings. The highest BCUT2D eigenvalue weighted by atomic mass is 16.5. The molecule has 0 fully saturated rings. The highest BCUT2D eigenvalue weighted by molar-refractivity contribution is 5.50. The van der Waals surface area contributed by atoms with Crippen LogP contribution in [0.4, 0.5) is 0 Å². The molecule has 0 saturated heterocycles. The normalized spacial score (nSPS) is 10.2. The number of rotatable bonds is 6. The number of allylic oxidation sites excluding steroid dienone is 1. The Bertz CT molecular complexity index is 354. The van der Waals surface area contributed by atoms with Crippen molar-refractivity contribution in [2.45, 2.75) is 26.2 Å². The molecule has 0 unspecified atom stereocenters. The molecule has 84 valence electrons. The van der Waals surface area contributed by atoms with Crippen LogP contribution in [0.3, 0.4) is 0 Å². The van der Waals surface area contributed by atoms with Gasteiger partial charge in [-0.15, -0.1) is 12.3 Å². The van der Waals surface area contributed by atoms with Crippen molar-refractivity contribution in [3.63, 3.8) is 0 Å². The van der Waals surface area contributed by atoms with Crippen LogP contribution in [-0.4, -0.2) is 6.61 Å². The highest BCUT2D eigenvalue weighted by Gasteiger charge is 1.90. The van der Waals surface area contributed by atoms with Crippen LogP contribution in [0.1, 0.15) is 31.7 Å². The Morgan fingerprint density at radius 1 is 1.31 bits per heavy atom. The summed E-state index contributed by atoms with van der Waals surface area (Å²) in [6.45, 7) is 2.70. The van der Waals surface area contributed by atoms with Gasteiger partial charge in [0.05, 0.1) is 6.61 Å². The van der Waals surface area contributed by atoms with Crippen LogP contribution in [0.2, 0.25) is 0 Å². The molecule has 16 heavy (non-hydrogen) atoms. The lowest BCUT2D eigenvalue weighted by molar-refractivity contribution is 0.340. The van der Waals surface area contributed by atoms with E-state index < -0.39 is 0 Å².